The van der Waals surface area contributed by atoms with Crippen molar-refractivity contribution in [2.75, 3.05) is 25.5 Å². The van der Waals surface area contributed by atoms with E-state index < -0.39 is 24.2 Å². The first kappa shape index (κ1) is 28.1. The quantitative estimate of drug-likeness (QED) is 0.267. The highest BCUT2D eigenvalue weighted by molar-refractivity contribution is 7.15. The van der Waals surface area contributed by atoms with Crippen molar-refractivity contribution in [2.24, 2.45) is 10.7 Å². The molecular formula is C23H28F3N7O3S. The third-order valence-corrected chi connectivity index (χ3v) is 6.33. The number of rotatable bonds is 8. The van der Waals surface area contributed by atoms with Gasteiger partial charge in [-0.15, -0.1) is 23.4 Å². The standard InChI is InChI=1S/C23H28F3N7O3S/c1-14(34)29-22-32-31-21(37-22)16-6-4-10-33(13-16)19(28-2)9-8-18(27)30-20(35)12-15-5-3-7-17(11-15)36-23(24,25)26/h3,5,7-9,11,16,18H,4,6,10,12-13,27H2,1-2H3,(H,30,35)(H,29,32,34)/b9-8-,28-19?. The monoisotopic (exact) mass is 539 g/mol. The third-order valence-electron chi connectivity index (χ3n) is 5.32. The zero-order valence-corrected chi connectivity index (χ0v) is 21.1. The van der Waals surface area contributed by atoms with E-state index in [2.05, 4.69) is 35.5 Å². The number of nitrogens with zero attached hydrogens (tertiary/aromatic N) is 4. The SMILES string of the molecule is CN=C(/C=C\C(N)NC(=O)Cc1cccc(OC(F)(F)F)c1)N1CCCC(c2nnc(NC(C)=O)s2)C1. The number of halogens is 3. The minimum absolute atomic E-state index is 0.129. The average Bonchev–Trinajstić information content (AvgIpc) is 3.26. The fourth-order valence-electron chi connectivity index (χ4n) is 3.82. The Hall–Kier alpha value is -3.52. The summed E-state index contributed by atoms with van der Waals surface area (Å²) in [5.74, 6) is -0.251. The third kappa shape index (κ3) is 9.13. The zero-order valence-electron chi connectivity index (χ0n) is 20.3. The number of amides is 2. The molecule has 1 saturated heterocycles. The van der Waals surface area contributed by atoms with Crippen LogP contribution in [0.5, 0.6) is 5.75 Å². The van der Waals surface area contributed by atoms with Crippen LogP contribution in [-0.2, 0) is 16.0 Å². The molecule has 37 heavy (non-hydrogen) atoms. The molecule has 2 aromatic rings. The number of nitrogens with one attached hydrogen (secondary N) is 2. The highest BCUT2D eigenvalue weighted by Crippen LogP contribution is 2.31. The Balaban J connectivity index is 1.54. The van der Waals surface area contributed by atoms with Crippen LogP contribution in [0.3, 0.4) is 0 Å². The van der Waals surface area contributed by atoms with E-state index in [0.717, 1.165) is 36.5 Å². The number of amidine groups is 1. The molecular weight excluding hydrogens is 511 g/mol. The molecule has 2 amide bonds. The van der Waals surface area contributed by atoms with Crippen LogP contribution in [0.4, 0.5) is 18.3 Å². The number of carbonyl (C=O) groups is 2. The number of aromatic nitrogens is 2. The van der Waals surface area contributed by atoms with Crippen LogP contribution in [-0.4, -0.2) is 65.4 Å². The Morgan fingerprint density at radius 2 is 2.16 bits per heavy atom. The summed E-state index contributed by atoms with van der Waals surface area (Å²) < 4.78 is 41.1. The van der Waals surface area contributed by atoms with Crippen LogP contribution < -0.4 is 21.1 Å². The summed E-state index contributed by atoms with van der Waals surface area (Å²) in [4.78, 5) is 30.0. The van der Waals surface area contributed by atoms with Gasteiger partial charge in [-0.2, -0.15) is 0 Å². The zero-order chi connectivity index (χ0) is 27.0. The second-order valence-corrected chi connectivity index (χ2v) is 9.33. The lowest BCUT2D eigenvalue weighted by Gasteiger charge is -2.33. The Kier molecular flexibility index (Phi) is 9.58. The van der Waals surface area contributed by atoms with Crippen molar-refractivity contribution in [2.45, 2.75) is 44.6 Å². The molecule has 2 unspecified atom stereocenters. The molecule has 1 fully saturated rings. The van der Waals surface area contributed by atoms with Crippen molar-refractivity contribution in [3.8, 4) is 5.75 Å². The molecule has 14 heteroatoms. The molecule has 0 spiro atoms. The molecule has 2 heterocycles. The van der Waals surface area contributed by atoms with E-state index >= 15 is 0 Å². The number of likely N-dealkylation sites (tertiary alicyclic amines) is 1. The van der Waals surface area contributed by atoms with Crippen LogP contribution in [0.15, 0.2) is 41.4 Å². The lowest BCUT2D eigenvalue weighted by Crippen LogP contribution is -2.42. The van der Waals surface area contributed by atoms with E-state index in [9.17, 15) is 22.8 Å². The van der Waals surface area contributed by atoms with Gasteiger partial charge in [0.05, 0.1) is 12.6 Å². The molecule has 0 bridgehead atoms. The van der Waals surface area contributed by atoms with Gasteiger partial charge in [0.1, 0.15) is 16.6 Å². The largest absolute Gasteiger partial charge is 0.573 e. The minimum Gasteiger partial charge on any atom is -0.406 e. The first-order valence-electron chi connectivity index (χ1n) is 11.4. The highest BCUT2D eigenvalue weighted by atomic mass is 32.1. The number of ether oxygens (including phenoxy) is 1. The summed E-state index contributed by atoms with van der Waals surface area (Å²) in [5.41, 5.74) is 6.37. The van der Waals surface area contributed by atoms with Gasteiger partial charge in [-0.05, 0) is 42.7 Å². The van der Waals surface area contributed by atoms with Crippen molar-refractivity contribution < 1.29 is 27.5 Å². The first-order chi connectivity index (χ1) is 17.5. The predicted molar refractivity (Wildman–Crippen MR) is 133 cm³/mol. The van der Waals surface area contributed by atoms with E-state index in [0.29, 0.717) is 23.1 Å². The molecule has 0 radical (unpaired) electrons. The molecule has 1 aliphatic rings. The molecule has 10 nitrogen and oxygen atoms in total. The van der Waals surface area contributed by atoms with Gasteiger partial charge in [0.2, 0.25) is 16.9 Å². The molecule has 0 aliphatic carbocycles. The van der Waals surface area contributed by atoms with Gasteiger partial charge in [0.15, 0.2) is 0 Å². The Labute approximate surface area is 215 Å². The van der Waals surface area contributed by atoms with Crippen LogP contribution in [0.1, 0.15) is 36.3 Å². The summed E-state index contributed by atoms with van der Waals surface area (Å²) in [6.45, 7) is 2.85. The Bertz CT molecular complexity index is 1150. The van der Waals surface area contributed by atoms with Crippen LogP contribution in [0, 0.1) is 0 Å². The van der Waals surface area contributed by atoms with Crippen molar-refractivity contribution in [1.29, 1.82) is 0 Å². The lowest BCUT2D eigenvalue weighted by atomic mass is 9.98. The van der Waals surface area contributed by atoms with E-state index in [1.807, 2.05) is 0 Å². The number of aliphatic imine (C=N–C) groups is 1. The van der Waals surface area contributed by atoms with Gasteiger partial charge in [0, 0.05) is 33.0 Å². The number of anilines is 1. The van der Waals surface area contributed by atoms with Gasteiger partial charge in [-0.25, -0.2) is 0 Å². The maximum atomic E-state index is 12.4. The first-order valence-corrected chi connectivity index (χ1v) is 12.2. The molecule has 1 aromatic heterocycles. The summed E-state index contributed by atoms with van der Waals surface area (Å²) in [5, 5.41) is 14.8. The fourth-order valence-corrected chi connectivity index (χ4v) is 4.74. The normalized spacial score (nSPS) is 17.5. The van der Waals surface area contributed by atoms with Crippen LogP contribution >= 0.6 is 11.3 Å². The second kappa shape index (κ2) is 12.6. The average molecular weight is 540 g/mol. The molecule has 4 N–H and O–H groups in total. The van der Waals surface area contributed by atoms with E-state index in [4.69, 9.17) is 5.73 Å². The van der Waals surface area contributed by atoms with Crippen molar-refractivity contribution >= 4 is 34.1 Å². The highest BCUT2D eigenvalue weighted by Gasteiger charge is 2.31. The van der Waals surface area contributed by atoms with Gasteiger partial charge in [-0.1, -0.05) is 23.5 Å². The smallest absolute Gasteiger partial charge is 0.406 e. The molecule has 1 aliphatic heterocycles. The molecule has 0 saturated carbocycles. The van der Waals surface area contributed by atoms with Crippen molar-refractivity contribution in [3.63, 3.8) is 0 Å². The van der Waals surface area contributed by atoms with Crippen molar-refractivity contribution in [1.82, 2.24) is 20.4 Å². The second-order valence-electron chi connectivity index (χ2n) is 8.32. The molecule has 2 atom stereocenters. The number of piperidine rings is 1. The molecule has 200 valence electrons. The van der Waals surface area contributed by atoms with E-state index in [-0.39, 0.29) is 18.2 Å². The maximum absolute atomic E-state index is 12.4. The lowest BCUT2D eigenvalue weighted by molar-refractivity contribution is -0.274. The summed E-state index contributed by atoms with van der Waals surface area (Å²) >= 11 is 1.35. The number of benzene rings is 1. The van der Waals surface area contributed by atoms with Gasteiger partial charge < -0.3 is 26.0 Å². The van der Waals surface area contributed by atoms with Crippen LogP contribution in [0.2, 0.25) is 0 Å². The summed E-state index contributed by atoms with van der Waals surface area (Å²) in [6, 6.07) is 5.21. The van der Waals surface area contributed by atoms with Crippen LogP contribution in [0.25, 0.3) is 0 Å². The number of nitrogens with two attached hydrogens (primary N) is 1. The number of hydrogen-bond acceptors (Lipinski definition) is 8. The minimum atomic E-state index is -4.81. The van der Waals surface area contributed by atoms with Gasteiger partial charge in [-0.3, -0.25) is 14.6 Å². The van der Waals surface area contributed by atoms with E-state index in [1.165, 1.54) is 30.4 Å². The topological polar surface area (TPSA) is 135 Å². The number of alkyl halides is 3. The van der Waals surface area contributed by atoms with Gasteiger partial charge >= 0.3 is 6.36 Å². The number of hydrogen-bond donors (Lipinski definition) is 3. The molecule has 1 aromatic carbocycles. The summed E-state index contributed by atoms with van der Waals surface area (Å²) in [7, 11) is 1.66. The van der Waals surface area contributed by atoms with Gasteiger partial charge in [0.25, 0.3) is 0 Å². The Morgan fingerprint density at radius 3 is 2.86 bits per heavy atom. The van der Waals surface area contributed by atoms with E-state index in [1.54, 1.807) is 19.2 Å². The summed E-state index contributed by atoms with van der Waals surface area (Å²) in [6.07, 6.45) is -0.665. The predicted octanol–water partition coefficient (Wildman–Crippen LogP) is 2.80. The Morgan fingerprint density at radius 1 is 1.38 bits per heavy atom. The fraction of sp³-hybridized carbons (Fsp3) is 0.435. The molecule has 3 rings (SSSR count). The maximum Gasteiger partial charge on any atom is 0.573 e. The van der Waals surface area contributed by atoms with Crippen molar-refractivity contribution in [3.05, 3.63) is 47.0 Å². The number of carbonyl (C=O) groups excluding carboxylic acids is 2.